The molecule has 2 N–H and O–H groups in total. The third-order valence-electron chi connectivity index (χ3n) is 7.93. The number of fused-ring (bicyclic) bond motifs is 3. The van der Waals surface area contributed by atoms with Crippen LogP contribution in [0.3, 0.4) is 0 Å². The van der Waals surface area contributed by atoms with E-state index in [1.807, 2.05) is 22.4 Å². The van der Waals surface area contributed by atoms with Gasteiger partial charge in [-0.2, -0.15) is 14.7 Å². The standard InChI is InChI=1S/C28H25N9O2S/c1-15(38)23-24(17-11-18-5-6-19(12-17)36(18)28(39)22-3-2-8-32-35-22)34-26-20(14-33-37(26)25(23)29)16-4-7-21(31-13-16)27-30-9-10-40-27/h2-4,7-10,13-14,17-19H,5-6,11-12,29H2,1H3. The molecule has 11 nitrogen and oxygen atoms in total. The highest BCUT2D eigenvalue weighted by Gasteiger charge is 2.45. The molecule has 5 aromatic rings. The Labute approximate surface area is 233 Å². The number of thiazole rings is 1. The highest BCUT2D eigenvalue weighted by Crippen LogP contribution is 2.45. The Morgan fingerprint density at radius 3 is 2.52 bits per heavy atom. The second kappa shape index (κ2) is 9.56. The molecule has 7 heterocycles. The lowest BCUT2D eigenvalue weighted by atomic mass is 9.85. The monoisotopic (exact) mass is 551 g/mol. The molecule has 0 spiro atoms. The van der Waals surface area contributed by atoms with Crippen LogP contribution in [0.5, 0.6) is 0 Å². The average molecular weight is 552 g/mol. The zero-order valence-electron chi connectivity index (χ0n) is 21.6. The van der Waals surface area contributed by atoms with E-state index in [1.165, 1.54) is 22.8 Å². The van der Waals surface area contributed by atoms with Crippen molar-refractivity contribution in [3.8, 4) is 21.8 Å². The zero-order chi connectivity index (χ0) is 27.4. The summed E-state index contributed by atoms with van der Waals surface area (Å²) >= 11 is 1.53. The number of Topliss-reactive ketones (excluding diaryl/α,β-unsaturated/α-hetero) is 1. The van der Waals surface area contributed by atoms with Crippen molar-refractivity contribution >= 4 is 34.5 Å². The van der Waals surface area contributed by atoms with Gasteiger partial charge in [-0.15, -0.1) is 16.4 Å². The van der Waals surface area contributed by atoms with Gasteiger partial charge in [0.1, 0.15) is 10.8 Å². The number of hydrogen-bond donors (Lipinski definition) is 1. The molecule has 2 aliphatic heterocycles. The fraction of sp³-hybridized carbons (Fsp3) is 0.286. The molecule has 1 amide bonds. The molecule has 2 bridgehead atoms. The molecule has 7 rings (SSSR count). The minimum atomic E-state index is -0.154. The van der Waals surface area contributed by atoms with Crippen LogP contribution >= 0.6 is 11.3 Å². The first-order valence-corrected chi connectivity index (χ1v) is 14.0. The molecule has 2 saturated heterocycles. The van der Waals surface area contributed by atoms with E-state index in [-0.39, 0.29) is 35.5 Å². The minimum absolute atomic E-state index is 0.0252. The molecule has 200 valence electrons. The van der Waals surface area contributed by atoms with Crippen molar-refractivity contribution < 1.29 is 9.59 Å². The van der Waals surface area contributed by atoms with E-state index in [4.69, 9.17) is 10.7 Å². The number of hydrogen-bond acceptors (Lipinski definition) is 10. The Morgan fingerprint density at radius 2 is 1.88 bits per heavy atom. The van der Waals surface area contributed by atoms with Crippen LogP contribution in [0.2, 0.25) is 0 Å². The van der Waals surface area contributed by atoms with Crippen molar-refractivity contribution in [3.63, 3.8) is 0 Å². The van der Waals surface area contributed by atoms with Crippen LogP contribution < -0.4 is 5.73 Å². The molecule has 12 heteroatoms. The number of nitrogen functional groups attached to an aromatic ring is 1. The molecular weight excluding hydrogens is 526 g/mol. The largest absolute Gasteiger partial charge is 0.383 e. The summed E-state index contributed by atoms with van der Waals surface area (Å²) in [6.45, 7) is 1.51. The number of pyridine rings is 1. The number of ketones is 1. The van der Waals surface area contributed by atoms with Crippen LogP contribution in [0, 0.1) is 0 Å². The SMILES string of the molecule is CC(=O)c1c(C2CC3CCC(C2)N3C(=O)c2cccnn2)nc2c(-c3ccc(-c4nccs4)nc3)cnn2c1N. The summed E-state index contributed by atoms with van der Waals surface area (Å²) < 4.78 is 1.53. The predicted octanol–water partition coefficient (Wildman–Crippen LogP) is 4.04. The maximum Gasteiger partial charge on any atom is 0.274 e. The normalized spacial score (nSPS) is 20.2. The van der Waals surface area contributed by atoms with Crippen molar-refractivity contribution in [1.29, 1.82) is 0 Å². The number of rotatable bonds is 5. The molecule has 2 unspecified atom stereocenters. The number of nitrogens with two attached hydrogens (primary N) is 1. The first kappa shape index (κ1) is 24.5. The van der Waals surface area contributed by atoms with Gasteiger partial charge in [0.05, 0.1) is 23.1 Å². The summed E-state index contributed by atoms with van der Waals surface area (Å²) in [7, 11) is 0. The van der Waals surface area contributed by atoms with Crippen LogP contribution in [0.4, 0.5) is 5.82 Å². The second-order valence-corrected chi connectivity index (χ2v) is 11.1. The van der Waals surface area contributed by atoms with E-state index in [9.17, 15) is 9.59 Å². The summed E-state index contributed by atoms with van der Waals surface area (Å²) in [5.74, 6) is -0.00124. The second-order valence-electron chi connectivity index (χ2n) is 10.3. The number of aromatic nitrogens is 7. The molecule has 2 atom stereocenters. The van der Waals surface area contributed by atoms with Crippen molar-refractivity contribution in [2.45, 2.75) is 50.6 Å². The van der Waals surface area contributed by atoms with E-state index >= 15 is 0 Å². The lowest BCUT2D eigenvalue weighted by Crippen LogP contribution is -2.46. The fourth-order valence-corrected chi connectivity index (χ4v) is 6.82. The van der Waals surface area contributed by atoms with Crippen molar-refractivity contribution in [2.24, 2.45) is 0 Å². The van der Waals surface area contributed by atoms with Crippen LogP contribution in [0.25, 0.3) is 27.5 Å². The first-order chi connectivity index (χ1) is 19.5. The molecule has 40 heavy (non-hydrogen) atoms. The van der Waals surface area contributed by atoms with Gasteiger partial charge in [-0.1, -0.05) is 6.07 Å². The highest BCUT2D eigenvalue weighted by atomic mass is 32.1. The van der Waals surface area contributed by atoms with Gasteiger partial charge in [-0.25, -0.2) is 9.97 Å². The van der Waals surface area contributed by atoms with E-state index in [2.05, 4.69) is 25.3 Å². The third kappa shape index (κ3) is 3.94. The van der Waals surface area contributed by atoms with Gasteiger partial charge >= 0.3 is 0 Å². The molecule has 0 radical (unpaired) electrons. The Balaban J connectivity index is 1.26. The predicted molar refractivity (Wildman–Crippen MR) is 149 cm³/mol. The summed E-state index contributed by atoms with van der Waals surface area (Å²) in [6.07, 6.45) is 9.98. The van der Waals surface area contributed by atoms with E-state index in [0.717, 1.165) is 34.7 Å². The summed E-state index contributed by atoms with van der Waals surface area (Å²) in [4.78, 5) is 42.1. The number of nitrogens with zero attached hydrogens (tertiary/aromatic N) is 8. The maximum absolute atomic E-state index is 13.3. The van der Waals surface area contributed by atoms with Gasteiger partial charge in [0, 0.05) is 53.1 Å². The van der Waals surface area contributed by atoms with Crippen LogP contribution in [-0.4, -0.2) is 63.4 Å². The molecule has 2 aliphatic rings. The van der Waals surface area contributed by atoms with Crippen molar-refractivity contribution in [3.05, 3.63) is 71.4 Å². The van der Waals surface area contributed by atoms with E-state index in [0.29, 0.717) is 35.4 Å². The average Bonchev–Trinajstić information content (AvgIpc) is 3.71. The Hall–Kier alpha value is -4.58. The van der Waals surface area contributed by atoms with Crippen molar-refractivity contribution in [1.82, 2.24) is 39.7 Å². The fourth-order valence-electron chi connectivity index (χ4n) is 6.20. The van der Waals surface area contributed by atoms with Crippen LogP contribution in [0.15, 0.2) is 54.4 Å². The Morgan fingerprint density at radius 1 is 1.05 bits per heavy atom. The summed E-state index contributed by atoms with van der Waals surface area (Å²) in [5.41, 5.74) is 11.0. The lowest BCUT2D eigenvalue weighted by Gasteiger charge is -2.39. The molecule has 5 aromatic heterocycles. The maximum atomic E-state index is 13.3. The smallest absolute Gasteiger partial charge is 0.274 e. The number of carbonyl (C=O) groups is 2. The van der Waals surface area contributed by atoms with Gasteiger partial charge in [-0.05, 0) is 50.8 Å². The number of amides is 1. The van der Waals surface area contributed by atoms with E-state index < -0.39 is 0 Å². The topological polar surface area (TPSA) is 145 Å². The number of anilines is 1. The quantitative estimate of drug-likeness (QED) is 0.320. The molecule has 0 aliphatic carbocycles. The molecule has 0 aromatic carbocycles. The molecule has 2 fully saturated rings. The number of carbonyl (C=O) groups excluding carboxylic acids is 2. The van der Waals surface area contributed by atoms with Crippen molar-refractivity contribution in [2.75, 3.05) is 5.73 Å². The molecular formula is C28H25N9O2S. The zero-order valence-corrected chi connectivity index (χ0v) is 22.5. The highest BCUT2D eigenvalue weighted by molar-refractivity contribution is 7.13. The first-order valence-electron chi connectivity index (χ1n) is 13.1. The van der Waals surface area contributed by atoms with Gasteiger partial charge in [0.15, 0.2) is 17.1 Å². The van der Waals surface area contributed by atoms with Gasteiger partial charge in [0.2, 0.25) is 0 Å². The number of piperidine rings is 1. The third-order valence-corrected chi connectivity index (χ3v) is 8.73. The Bertz CT molecular complexity index is 1720. The van der Waals surface area contributed by atoms with Gasteiger partial charge in [-0.3, -0.25) is 14.6 Å². The minimum Gasteiger partial charge on any atom is -0.383 e. The van der Waals surface area contributed by atoms with Gasteiger partial charge < -0.3 is 10.6 Å². The van der Waals surface area contributed by atoms with Gasteiger partial charge in [0.25, 0.3) is 5.91 Å². The summed E-state index contributed by atoms with van der Waals surface area (Å²) in [6, 6.07) is 7.38. The molecule has 0 saturated carbocycles. The Kier molecular flexibility index (Phi) is 5.84. The van der Waals surface area contributed by atoms with E-state index in [1.54, 1.807) is 36.9 Å². The van der Waals surface area contributed by atoms with Crippen LogP contribution in [0.1, 0.15) is 65.1 Å². The lowest BCUT2D eigenvalue weighted by molar-refractivity contribution is 0.0561. The summed E-state index contributed by atoms with van der Waals surface area (Å²) in [5, 5.41) is 15.2. The van der Waals surface area contributed by atoms with Crippen LogP contribution in [-0.2, 0) is 0 Å².